The summed E-state index contributed by atoms with van der Waals surface area (Å²) in [5, 5.41) is 2.70. The molecule has 0 saturated carbocycles. The Hall–Kier alpha value is -1.44. The Labute approximate surface area is 132 Å². The maximum atomic E-state index is 11.9. The Kier molecular flexibility index (Phi) is 7.50. The van der Waals surface area contributed by atoms with E-state index in [-0.39, 0.29) is 19.0 Å². The van der Waals surface area contributed by atoms with Gasteiger partial charge >= 0.3 is 0 Å². The van der Waals surface area contributed by atoms with Gasteiger partial charge in [0.2, 0.25) is 15.9 Å². The first-order valence-electron chi connectivity index (χ1n) is 7.10. The fourth-order valence-corrected chi connectivity index (χ4v) is 2.65. The van der Waals surface area contributed by atoms with Crippen LogP contribution in [0.5, 0.6) is 0 Å². The second-order valence-electron chi connectivity index (χ2n) is 5.15. The molecule has 0 radical (unpaired) electrons. The number of sulfonamides is 1. The summed E-state index contributed by atoms with van der Waals surface area (Å²) >= 11 is 0. The third-order valence-electron chi connectivity index (χ3n) is 3.24. The van der Waals surface area contributed by atoms with Crippen LogP contribution in [0, 0.1) is 6.92 Å². The first kappa shape index (κ1) is 18.6. The summed E-state index contributed by atoms with van der Waals surface area (Å²) in [6, 6.07) is 7.53. The minimum atomic E-state index is -3.46. The van der Waals surface area contributed by atoms with Crippen LogP contribution in [0.1, 0.15) is 17.5 Å². The van der Waals surface area contributed by atoms with Crippen molar-refractivity contribution in [1.82, 2.24) is 9.62 Å². The summed E-state index contributed by atoms with van der Waals surface area (Å²) in [5.74, 6) is -0.310. The van der Waals surface area contributed by atoms with Crippen LogP contribution in [0.25, 0.3) is 0 Å². The third-order valence-corrected chi connectivity index (χ3v) is 4.44. The number of methoxy groups -OCH3 is 1. The molecule has 0 aromatic heterocycles. The van der Waals surface area contributed by atoms with Crippen molar-refractivity contribution >= 4 is 15.9 Å². The molecule has 7 heteroatoms. The maximum absolute atomic E-state index is 11.9. The molecule has 0 spiro atoms. The van der Waals surface area contributed by atoms with Gasteiger partial charge in [0, 0.05) is 26.8 Å². The van der Waals surface area contributed by atoms with Crippen LogP contribution in [0.4, 0.5) is 0 Å². The van der Waals surface area contributed by atoms with Crippen LogP contribution >= 0.6 is 0 Å². The second kappa shape index (κ2) is 8.87. The SMILES string of the molecule is COCCCNC(=O)CN(Cc1ccccc1C)S(C)(=O)=O. The zero-order chi connectivity index (χ0) is 16.6. The van der Waals surface area contributed by atoms with Crippen LogP contribution in [0.2, 0.25) is 0 Å². The fourth-order valence-electron chi connectivity index (χ4n) is 1.93. The number of hydrogen-bond donors (Lipinski definition) is 1. The van der Waals surface area contributed by atoms with Crippen LogP contribution < -0.4 is 5.32 Å². The molecule has 0 bridgehead atoms. The lowest BCUT2D eigenvalue weighted by molar-refractivity contribution is -0.121. The van der Waals surface area contributed by atoms with Crippen molar-refractivity contribution in [3.63, 3.8) is 0 Å². The molecule has 0 saturated heterocycles. The van der Waals surface area contributed by atoms with E-state index >= 15 is 0 Å². The van der Waals surface area contributed by atoms with Crippen molar-refractivity contribution in [2.24, 2.45) is 0 Å². The second-order valence-corrected chi connectivity index (χ2v) is 7.14. The van der Waals surface area contributed by atoms with Crippen molar-refractivity contribution in [1.29, 1.82) is 0 Å². The molecule has 1 amide bonds. The predicted molar refractivity (Wildman–Crippen MR) is 85.9 cm³/mol. The van der Waals surface area contributed by atoms with E-state index in [1.165, 1.54) is 4.31 Å². The molecule has 0 aliphatic carbocycles. The van der Waals surface area contributed by atoms with E-state index in [9.17, 15) is 13.2 Å². The summed E-state index contributed by atoms with van der Waals surface area (Å²) in [6.45, 7) is 2.95. The lowest BCUT2D eigenvalue weighted by Crippen LogP contribution is -2.40. The minimum absolute atomic E-state index is 0.180. The van der Waals surface area contributed by atoms with E-state index in [1.807, 2.05) is 31.2 Å². The highest BCUT2D eigenvalue weighted by Crippen LogP contribution is 2.12. The molecule has 0 heterocycles. The van der Waals surface area contributed by atoms with Gasteiger partial charge in [-0.1, -0.05) is 24.3 Å². The number of hydrogen-bond acceptors (Lipinski definition) is 4. The molecule has 1 aromatic rings. The maximum Gasteiger partial charge on any atom is 0.235 e. The Balaban J connectivity index is 2.66. The summed E-state index contributed by atoms with van der Waals surface area (Å²) < 4.78 is 29.8. The third kappa shape index (κ3) is 6.55. The van der Waals surface area contributed by atoms with Gasteiger partial charge in [-0.2, -0.15) is 4.31 Å². The molecule has 124 valence electrons. The monoisotopic (exact) mass is 328 g/mol. The highest BCUT2D eigenvalue weighted by atomic mass is 32.2. The zero-order valence-corrected chi connectivity index (χ0v) is 14.1. The van der Waals surface area contributed by atoms with E-state index in [4.69, 9.17) is 4.74 Å². The summed E-state index contributed by atoms with van der Waals surface area (Å²) in [5.41, 5.74) is 1.89. The average molecular weight is 328 g/mol. The lowest BCUT2D eigenvalue weighted by Gasteiger charge is -2.20. The normalized spacial score (nSPS) is 11.6. The largest absolute Gasteiger partial charge is 0.385 e. The predicted octanol–water partition coefficient (Wildman–Crippen LogP) is 0.909. The van der Waals surface area contributed by atoms with E-state index < -0.39 is 10.0 Å². The Morgan fingerprint density at radius 3 is 2.59 bits per heavy atom. The van der Waals surface area contributed by atoms with Crippen molar-refractivity contribution in [3.8, 4) is 0 Å². The highest BCUT2D eigenvalue weighted by Gasteiger charge is 2.20. The smallest absolute Gasteiger partial charge is 0.235 e. The number of carbonyl (C=O) groups is 1. The number of rotatable bonds is 9. The van der Waals surface area contributed by atoms with Gasteiger partial charge in [-0.3, -0.25) is 4.79 Å². The summed E-state index contributed by atoms with van der Waals surface area (Å²) in [7, 11) is -1.87. The van der Waals surface area contributed by atoms with Gasteiger partial charge in [0.15, 0.2) is 0 Å². The van der Waals surface area contributed by atoms with Gasteiger partial charge in [0.25, 0.3) is 0 Å². The fraction of sp³-hybridized carbons (Fsp3) is 0.533. The summed E-state index contributed by atoms with van der Waals surface area (Å²) in [4.78, 5) is 11.9. The van der Waals surface area contributed by atoms with Crippen LogP contribution in [-0.4, -0.2) is 51.7 Å². The van der Waals surface area contributed by atoms with Crippen LogP contribution in [0.3, 0.4) is 0 Å². The van der Waals surface area contributed by atoms with Crippen molar-refractivity contribution in [3.05, 3.63) is 35.4 Å². The van der Waals surface area contributed by atoms with Crippen molar-refractivity contribution in [2.75, 3.05) is 33.1 Å². The molecule has 0 fully saturated rings. The molecule has 1 N–H and O–H groups in total. The number of nitrogens with zero attached hydrogens (tertiary/aromatic N) is 1. The quantitative estimate of drug-likeness (QED) is 0.684. The molecule has 6 nitrogen and oxygen atoms in total. The Morgan fingerprint density at radius 2 is 2.00 bits per heavy atom. The average Bonchev–Trinajstić information content (AvgIpc) is 2.44. The molecule has 22 heavy (non-hydrogen) atoms. The minimum Gasteiger partial charge on any atom is -0.385 e. The zero-order valence-electron chi connectivity index (χ0n) is 13.3. The number of carbonyl (C=O) groups excluding carboxylic acids is 1. The van der Waals surface area contributed by atoms with E-state index in [1.54, 1.807) is 7.11 Å². The first-order valence-corrected chi connectivity index (χ1v) is 8.94. The van der Waals surface area contributed by atoms with Gasteiger partial charge in [0.1, 0.15) is 0 Å². The van der Waals surface area contributed by atoms with Gasteiger partial charge in [-0.05, 0) is 24.5 Å². The molecule has 1 aromatic carbocycles. The summed E-state index contributed by atoms with van der Waals surface area (Å²) in [6.07, 6.45) is 1.81. The highest BCUT2D eigenvalue weighted by molar-refractivity contribution is 7.88. The molecular weight excluding hydrogens is 304 g/mol. The number of ether oxygens (including phenoxy) is 1. The molecule has 0 atom stereocenters. The van der Waals surface area contributed by atoms with Crippen LogP contribution in [0.15, 0.2) is 24.3 Å². The first-order chi connectivity index (χ1) is 10.3. The van der Waals surface area contributed by atoms with E-state index in [0.717, 1.165) is 17.4 Å². The molecule has 0 aliphatic rings. The number of nitrogens with one attached hydrogen (secondary N) is 1. The molecule has 0 aliphatic heterocycles. The topological polar surface area (TPSA) is 75.7 Å². The number of benzene rings is 1. The molecular formula is C15H24N2O4S. The van der Waals surface area contributed by atoms with Gasteiger partial charge in [-0.25, -0.2) is 8.42 Å². The lowest BCUT2D eigenvalue weighted by atomic mass is 10.1. The Bertz CT molecular complexity index is 587. The molecule has 1 rings (SSSR count). The number of aryl methyl sites for hydroxylation is 1. The number of amides is 1. The van der Waals surface area contributed by atoms with Gasteiger partial charge in [0.05, 0.1) is 12.8 Å². The van der Waals surface area contributed by atoms with Gasteiger partial charge in [-0.15, -0.1) is 0 Å². The Morgan fingerprint density at radius 1 is 1.32 bits per heavy atom. The van der Waals surface area contributed by atoms with Crippen molar-refractivity contribution in [2.45, 2.75) is 19.9 Å². The van der Waals surface area contributed by atoms with Gasteiger partial charge < -0.3 is 10.1 Å². The standard InChI is InChI=1S/C15H24N2O4S/c1-13-7-4-5-8-14(13)11-17(22(3,19)20)12-15(18)16-9-6-10-21-2/h4-5,7-8H,6,9-12H2,1-3H3,(H,16,18). The van der Waals surface area contributed by atoms with Crippen molar-refractivity contribution < 1.29 is 17.9 Å². The van der Waals surface area contributed by atoms with Crippen LogP contribution in [-0.2, 0) is 26.1 Å². The molecule has 0 unspecified atom stereocenters. The van der Waals surface area contributed by atoms with E-state index in [0.29, 0.717) is 19.6 Å². The van der Waals surface area contributed by atoms with E-state index in [2.05, 4.69) is 5.32 Å².